The molecule has 0 spiro atoms. The minimum atomic E-state index is -0.471. The second kappa shape index (κ2) is 5.48. The van der Waals surface area contributed by atoms with E-state index in [1.165, 1.54) is 0 Å². The van der Waals surface area contributed by atoms with Crippen molar-refractivity contribution in [1.82, 2.24) is 0 Å². The van der Waals surface area contributed by atoms with E-state index in [9.17, 15) is 4.79 Å². The lowest BCUT2D eigenvalue weighted by molar-refractivity contribution is 0.100. The van der Waals surface area contributed by atoms with E-state index in [4.69, 9.17) is 15.9 Å². The highest BCUT2D eigenvalue weighted by Gasteiger charge is 2.09. The summed E-state index contributed by atoms with van der Waals surface area (Å²) in [6.45, 7) is 2.01. The number of furan rings is 1. The Morgan fingerprint density at radius 1 is 1.42 bits per heavy atom. The summed E-state index contributed by atoms with van der Waals surface area (Å²) in [5.41, 5.74) is 12.8. The summed E-state index contributed by atoms with van der Waals surface area (Å²) >= 11 is 0. The van der Waals surface area contributed by atoms with E-state index in [1.54, 1.807) is 24.5 Å². The number of primary amides is 1. The smallest absolute Gasteiger partial charge is 0.248 e. The SMILES string of the molecule is CC(Cc1ccco1)Nc1cc(C(N)=O)ccc1N. The average Bonchev–Trinajstić information content (AvgIpc) is 2.84. The van der Waals surface area contributed by atoms with Crippen LogP contribution in [0.2, 0.25) is 0 Å². The minimum Gasteiger partial charge on any atom is -0.469 e. The van der Waals surface area contributed by atoms with E-state index in [0.717, 1.165) is 12.2 Å². The maximum atomic E-state index is 11.1. The van der Waals surface area contributed by atoms with Crippen molar-refractivity contribution in [2.45, 2.75) is 19.4 Å². The summed E-state index contributed by atoms with van der Waals surface area (Å²) in [4.78, 5) is 11.1. The van der Waals surface area contributed by atoms with Gasteiger partial charge in [0.2, 0.25) is 5.91 Å². The Balaban J connectivity index is 2.09. The van der Waals surface area contributed by atoms with Crippen LogP contribution < -0.4 is 16.8 Å². The molecular weight excluding hydrogens is 242 g/mol. The molecule has 0 bridgehead atoms. The Labute approximate surface area is 111 Å². The van der Waals surface area contributed by atoms with Gasteiger partial charge in [-0.05, 0) is 37.3 Å². The van der Waals surface area contributed by atoms with Crippen LogP contribution in [0.3, 0.4) is 0 Å². The van der Waals surface area contributed by atoms with Crippen LogP contribution in [0.1, 0.15) is 23.0 Å². The molecule has 2 rings (SSSR count). The van der Waals surface area contributed by atoms with Gasteiger partial charge in [-0.15, -0.1) is 0 Å². The Morgan fingerprint density at radius 2 is 2.21 bits per heavy atom. The second-order valence-corrected chi connectivity index (χ2v) is 4.50. The Bertz CT molecular complexity index is 564. The zero-order chi connectivity index (χ0) is 13.8. The molecule has 0 aliphatic rings. The van der Waals surface area contributed by atoms with E-state index >= 15 is 0 Å². The topological polar surface area (TPSA) is 94.3 Å². The molecule has 100 valence electrons. The molecule has 5 N–H and O–H groups in total. The van der Waals surface area contributed by atoms with Crippen molar-refractivity contribution >= 4 is 17.3 Å². The normalized spacial score (nSPS) is 12.1. The number of hydrogen-bond acceptors (Lipinski definition) is 4. The first kappa shape index (κ1) is 13.0. The fourth-order valence-corrected chi connectivity index (χ4v) is 1.88. The number of rotatable bonds is 5. The average molecular weight is 259 g/mol. The molecule has 1 atom stereocenters. The summed E-state index contributed by atoms with van der Waals surface area (Å²) in [6.07, 6.45) is 2.37. The van der Waals surface area contributed by atoms with E-state index in [-0.39, 0.29) is 6.04 Å². The van der Waals surface area contributed by atoms with Crippen molar-refractivity contribution in [3.8, 4) is 0 Å². The van der Waals surface area contributed by atoms with Crippen LogP contribution in [0.15, 0.2) is 41.0 Å². The molecule has 2 aromatic rings. The van der Waals surface area contributed by atoms with Crippen molar-refractivity contribution in [2.24, 2.45) is 5.73 Å². The van der Waals surface area contributed by atoms with Crippen molar-refractivity contribution in [1.29, 1.82) is 0 Å². The first-order valence-electron chi connectivity index (χ1n) is 6.04. The highest BCUT2D eigenvalue weighted by molar-refractivity contribution is 5.94. The molecule has 1 aromatic carbocycles. The Morgan fingerprint density at radius 3 is 2.84 bits per heavy atom. The molecule has 1 aromatic heterocycles. The maximum absolute atomic E-state index is 11.1. The highest BCUT2D eigenvalue weighted by Crippen LogP contribution is 2.21. The number of hydrogen-bond donors (Lipinski definition) is 3. The molecule has 19 heavy (non-hydrogen) atoms. The molecule has 1 amide bonds. The third kappa shape index (κ3) is 3.28. The van der Waals surface area contributed by atoms with Gasteiger partial charge in [-0.25, -0.2) is 0 Å². The second-order valence-electron chi connectivity index (χ2n) is 4.50. The molecule has 1 heterocycles. The number of nitrogens with two attached hydrogens (primary N) is 2. The van der Waals surface area contributed by atoms with Crippen LogP contribution in [0.5, 0.6) is 0 Å². The van der Waals surface area contributed by atoms with Crippen molar-refractivity contribution in [3.05, 3.63) is 47.9 Å². The van der Waals surface area contributed by atoms with Gasteiger partial charge in [0.05, 0.1) is 17.6 Å². The number of nitrogens with one attached hydrogen (secondary N) is 1. The molecule has 0 saturated carbocycles. The first-order chi connectivity index (χ1) is 9.06. The van der Waals surface area contributed by atoms with Gasteiger partial charge >= 0.3 is 0 Å². The molecule has 1 unspecified atom stereocenters. The van der Waals surface area contributed by atoms with Gasteiger partial charge in [-0.2, -0.15) is 0 Å². The maximum Gasteiger partial charge on any atom is 0.248 e. The highest BCUT2D eigenvalue weighted by atomic mass is 16.3. The van der Waals surface area contributed by atoms with Gasteiger partial charge in [0.1, 0.15) is 5.76 Å². The van der Waals surface area contributed by atoms with Gasteiger partial charge in [-0.3, -0.25) is 4.79 Å². The lowest BCUT2D eigenvalue weighted by Crippen LogP contribution is -2.19. The fourth-order valence-electron chi connectivity index (χ4n) is 1.88. The standard InChI is InChI=1S/C14H17N3O2/c1-9(7-11-3-2-6-19-11)17-13-8-10(14(16)18)4-5-12(13)15/h2-6,8-9,17H,7,15H2,1H3,(H2,16,18). The minimum absolute atomic E-state index is 0.122. The summed E-state index contributed by atoms with van der Waals surface area (Å²) < 4.78 is 5.29. The predicted molar refractivity (Wildman–Crippen MR) is 74.9 cm³/mol. The van der Waals surface area contributed by atoms with Gasteiger partial charge in [0.15, 0.2) is 0 Å². The zero-order valence-corrected chi connectivity index (χ0v) is 10.7. The number of nitrogen functional groups attached to an aromatic ring is 1. The number of amides is 1. The number of carbonyl (C=O) groups excluding carboxylic acids is 1. The van der Waals surface area contributed by atoms with Crippen LogP contribution >= 0.6 is 0 Å². The summed E-state index contributed by atoms with van der Waals surface area (Å²) in [6, 6.07) is 8.83. The third-order valence-corrected chi connectivity index (χ3v) is 2.83. The zero-order valence-electron chi connectivity index (χ0n) is 10.7. The van der Waals surface area contributed by atoms with E-state index in [0.29, 0.717) is 16.9 Å². The number of anilines is 2. The summed E-state index contributed by atoms with van der Waals surface area (Å²) in [5, 5.41) is 3.25. The monoisotopic (exact) mass is 259 g/mol. The van der Waals surface area contributed by atoms with E-state index < -0.39 is 5.91 Å². The Hall–Kier alpha value is -2.43. The van der Waals surface area contributed by atoms with Gasteiger partial charge in [-0.1, -0.05) is 0 Å². The van der Waals surface area contributed by atoms with Crippen molar-refractivity contribution < 1.29 is 9.21 Å². The van der Waals surface area contributed by atoms with E-state index in [2.05, 4.69) is 5.32 Å². The van der Waals surface area contributed by atoms with Gasteiger partial charge in [0.25, 0.3) is 0 Å². The quantitative estimate of drug-likeness (QED) is 0.716. The summed E-state index contributed by atoms with van der Waals surface area (Å²) in [5.74, 6) is 0.423. The largest absolute Gasteiger partial charge is 0.469 e. The molecule has 0 saturated heterocycles. The Kier molecular flexibility index (Phi) is 3.75. The molecule has 0 aliphatic carbocycles. The van der Waals surface area contributed by atoms with Gasteiger partial charge in [0, 0.05) is 18.0 Å². The third-order valence-electron chi connectivity index (χ3n) is 2.83. The fraction of sp³-hybridized carbons (Fsp3) is 0.214. The molecule has 0 aliphatic heterocycles. The molecule has 5 heteroatoms. The first-order valence-corrected chi connectivity index (χ1v) is 6.04. The van der Waals surface area contributed by atoms with Gasteiger partial charge < -0.3 is 21.2 Å². The van der Waals surface area contributed by atoms with Crippen molar-refractivity contribution in [3.63, 3.8) is 0 Å². The lowest BCUT2D eigenvalue weighted by atomic mass is 10.1. The van der Waals surface area contributed by atoms with Crippen LogP contribution in [-0.2, 0) is 6.42 Å². The number of benzene rings is 1. The van der Waals surface area contributed by atoms with E-state index in [1.807, 2.05) is 19.1 Å². The predicted octanol–water partition coefficient (Wildman–Crippen LogP) is 2.00. The van der Waals surface area contributed by atoms with Crippen molar-refractivity contribution in [2.75, 3.05) is 11.1 Å². The molecule has 0 radical (unpaired) electrons. The molecular formula is C14H17N3O2. The number of carbonyl (C=O) groups is 1. The lowest BCUT2D eigenvalue weighted by Gasteiger charge is -2.16. The van der Waals surface area contributed by atoms with Crippen LogP contribution in [-0.4, -0.2) is 11.9 Å². The van der Waals surface area contributed by atoms with Crippen LogP contribution in [0, 0.1) is 0 Å². The molecule has 5 nitrogen and oxygen atoms in total. The summed E-state index contributed by atoms with van der Waals surface area (Å²) in [7, 11) is 0. The van der Waals surface area contributed by atoms with Crippen LogP contribution in [0.25, 0.3) is 0 Å². The van der Waals surface area contributed by atoms with Crippen LogP contribution in [0.4, 0.5) is 11.4 Å². The molecule has 0 fully saturated rings.